The molecule has 0 spiro atoms. The van der Waals surface area contributed by atoms with Crippen LogP contribution < -0.4 is 10.1 Å². The largest absolute Gasteiger partial charge is 0.507 e. The summed E-state index contributed by atoms with van der Waals surface area (Å²) in [4.78, 5) is 81.4. The second-order valence-corrected chi connectivity index (χ2v) is 14.9. The molecule has 5 aliphatic rings. The number of benzene rings is 1. The molecule has 0 saturated heterocycles. The number of nitrogens with one attached hydrogen (secondary N) is 1. The molecule has 280 valence electrons. The van der Waals surface area contributed by atoms with Crippen LogP contribution in [0.25, 0.3) is 0 Å². The van der Waals surface area contributed by atoms with E-state index in [0.717, 1.165) is 6.26 Å². The zero-order chi connectivity index (χ0) is 38.4. The molecule has 6 rings (SSSR count). The number of phenols is 1. The summed E-state index contributed by atoms with van der Waals surface area (Å²) in [5, 5.41) is 36.4. The summed E-state index contributed by atoms with van der Waals surface area (Å²) in [6.07, 6.45) is -1.81. The predicted molar refractivity (Wildman–Crippen MR) is 177 cm³/mol. The van der Waals surface area contributed by atoms with Crippen molar-refractivity contribution < 1.29 is 67.8 Å². The van der Waals surface area contributed by atoms with E-state index < -0.39 is 135 Å². The number of allylic oxidation sites excluding steroid dienone is 2. The summed E-state index contributed by atoms with van der Waals surface area (Å²) in [6, 6.07) is 0. The number of carbonyl (C=O) groups excluding carboxylic acids is 6. The number of ketones is 4. The monoisotopic (exact) mass is 725 g/mol. The summed E-state index contributed by atoms with van der Waals surface area (Å²) in [7, 11) is 1.40. The molecule has 3 aliphatic heterocycles. The molecule has 3 heterocycles. The highest BCUT2D eigenvalue weighted by Crippen LogP contribution is 2.51. The molecular formula is C37H43NO14. The Morgan fingerprint density at radius 2 is 1.62 bits per heavy atom. The van der Waals surface area contributed by atoms with E-state index in [-0.39, 0.29) is 23.3 Å². The van der Waals surface area contributed by atoms with Crippen LogP contribution >= 0.6 is 0 Å². The first-order valence-electron chi connectivity index (χ1n) is 17.2. The number of esters is 1. The van der Waals surface area contributed by atoms with Crippen molar-refractivity contribution in [3.63, 3.8) is 0 Å². The summed E-state index contributed by atoms with van der Waals surface area (Å²) < 4.78 is 29.1. The molecule has 52 heavy (non-hydrogen) atoms. The maximum absolute atomic E-state index is 14.2. The average molecular weight is 726 g/mol. The summed E-state index contributed by atoms with van der Waals surface area (Å²) in [5.41, 5.74) is -3.93. The van der Waals surface area contributed by atoms with Crippen LogP contribution in [-0.4, -0.2) is 93.2 Å². The normalized spacial score (nSPS) is 37.3. The van der Waals surface area contributed by atoms with E-state index in [4.69, 9.17) is 23.7 Å². The lowest BCUT2D eigenvalue weighted by atomic mass is 9.79. The standard InChI is InChI=1S/C37H43NO14/c1-13-21(48-8)9-10-49-37(7)34(46)24-22-23(28(43)16(4)32(24)52-37)29(44)25-33(30(22)45)51-36(6,35(47)38-25)12-20(40)18-11-19(18)27(42)14(2)26(41)15(3)31(13)50-17(5)39/h9-10,13-15,18-19,21,26-27,31,41-43H,11-12H2,1-8H3,(H,38,47)/t13-,14+,15-,18-,19+,21+,26-,27-,31-,36+,37+/m1/s1. The predicted octanol–water partition coefficient (Wildman–Crippen LogP) is 2.20. The fraction of sp³-hybridized carbons (Fsp3) is 0.568. The Bertz CT molecular complexity index is 1860. The first-order chi connectivity index (χ1) is 24.3. The maximum Gasteiger partial charge on any atom is 0.312 e. The molecule has 4 N–H and O–H groups in total. The van der Waals surface area contributed by atoms with Crippen LogP contribution in [-0.2, 0) is 33.3 Å². The third-order valence-electron chi connectivity index (χ3n) is 11.3. The number of phenolic OH excluding ortho intramolecular Hbond substituents is 1. The van der Waals surface area contributed by atoms with Crippen LogP contribution in [0.5, 0.6) is 11.5 Å². The van der Waals surface area contributed by atoms with Crippen LogP contribution in [0.15, 0.2) is 23.8 Å². The highest BCUT2D eigenvalue weighted by molar-refractivity contribution is 6.32. The topological polar surface area (TPSA) is 221 Å². The highest BCUT2D eigenvalue weighted by Gasteiger charge is 2.57. The lowest BCUT2D eigenvalue weighted by Gasteiger charge is -2.37. The number of aromatic hydroxyl groups is 1. The zero-order valence-corrected chi connectivity index (χ0v) is 30.1. The number of aliphatic hydroxyl groups is 2. The van der Waals surface area contributed by atoms with E-state index in [1.54, 1.807) is 20.8 Å². The van der Waals surface area contributed by atoms with Gasteiger partial charge in [0.1, 0.15) is 29.1 Å². The zero-order valence-electron chi connectivity index (χ0n) is 30.1. The van der Waals surface area contributed by atoms with Gasteiger partial charge in [0.05, 0.1) is 47.7 Å². The smallest absolute Gasteiger partial charge is 0.312 e. The van der Waals surface area contributed by atoms with E-state index >= 15 is 0 Å². The van der Waals surface area contributed by atoms with Gasteiger partial charge in [-0.1, -0.05) is 20.8 Å². The van der Waals surface area contributed by atoms with E-state index in [9.17, 15) is 44.1 Å². The van der Waals surface area contributed by atoms with Gasteiger partial charge in [-0.05, 0) is 32.3 Å². The number of fused-ring (bicyclic) bond motifs is 3. The second-order valence-electron chi connectivity index (χ2n) is 14.9. The molecular weight excluding hydrogens is 682 g/mol. The fourth-order valence-electron chi connectivity index (χ4n) is 7.96. The summed E-state index contributed by atoms with van der Waals surface area (Å²) in [5.74, 6) is -11.8. The van der Waals surface area contributed by atoms with Gasteiger partial charge >= 0.3 is 11.8 Å². The van der Waals surface area contributed by atoms with Gasteiger partial charge in [0.15, 0.2) is 11.4 Å². The number of amides is 1. The maximum atomic E-state index is 14.2. The minimum absolute atomic E-state index is 0.0387. The molecule has 1 amide bonds. The number of hydrogen-bond donors (Lipinski definition) is 4. The molecule has 0 aromatic heterocycles. The molecule has 0 radical (unpaired) electrons. The minimum atomic E-state index is -2.10. The van der Waals surface area contributed by atoms with Crippen LogP contribution in [0.4, 0.5) is 0 Å². The van der Waals surface area contributed by atoms with Crippen molar-refractivity contribution in [3.8, 4) is 11.5 Å². The first kappa shape index (κ1) is 37.2. The number of hydrogen-bond acceptors (Lipinski definition) is 14. The number of carbonyl (C=O) groups is 6. The Labute approximate surface area is 299 Å². The number of rotatable bonds is 2. The number of aliphatic hydroxyl groups excluding tert-OH is 2. The fourth-order valence-corrected chi connectivity index (χ4v) is 7.96. The number of ether oxygens (including phenoxy) is 5. The van der Waals surface area contributed by atoms with Crippen molar-refractivity contribution in [2.24, 2.45) is 29.6 Å². The van der Waals surface area contributed by atoms with Gasteiger partial charge in [-0.15, -0.1) is 0 Å². The Hall–Kier alpha value is -4.60. The quantitative estimate of drug-likeness (QED) is 0.321. The number of Topliss-reactive ketones (excluding diaryl/α,β-unsaturated/α-hetero) is 4. The van der Waals surface area contributed by atoms with Crippen molar-refractivity contribution in [1.82, 2.24) is 5.32 Å². The molecule has 15 heteroatoms. The Morgan fingerprint density at radius 3 is 2.25 bits per heavy atom. The molecule has 5 bridgehead atoms. The molecule has 1 aromatic carbocycles. The van der Waals surface area contributed by atoms with E-state index in [2.05, 4.69) is 5.32 Å². The van der Waals surface area contributed by atoms with Crippen LogP contribution in [0.3, 0.4) is 0 Å². The Balaban J connectivity index is 1.45. The van der Waals surface area contributed by atoms with Gasteiger partial charge in [-0.25, -0.2) is 0 Å². The van der Waals surface area contributed by atoms with Gasteiger partial charge in [-0.2, -0.15) is 0 Å². The third kappa shape index (κ3) is 5.69. The molecule has 11 atom stereocenters. The van der Waals surface area contributed by atoms with E-state index in [1.807, 2.05) is 0 Å². The Kier molecular flexibility index (Phi) is 9.16. The molecule has 1 aromatic rings. The van der Waals surface area contributed by atoms with E-state index in [1.165, 1.54) is 40.9 Å². The van der Waals surface area contributed by atoms with Crippen LogP contribution in [0.1, 0.15) is 91.0 Å². The van der Waals surface area contributed by atoms with Crippen molar-refractivity contribution in [2.75, 3.05) is 7.11 Å². The average Bonchev–Trinajstić information content (AvgIpc) is 3.85. The Morgan fingerprint density at radius 1 is 0.942 bits per heavy atom. The van der Waals surface area contributed by atoms with Gasteiger partial charge in [-0.3, -0.25) is 28.8 Å². The number of methoxy groups -OCH3 is 1. The molecule has 1 fully saturated rings. The van der Waals surface area contributed by atoms with Gasteiger partial charge in [0.25, 0.3) is 11.7 Å². The molecule has 2 aliphatic carbocycles. The molecule has 15 nitrogen and oxygen atoms in total. The van der Waals surface area contributed by atoms with Gasteiger partial charge in [0, 0.05) is 50.2 Å². The summed E-state index contributed by atoms with van der Waals surface area (Å²) in [6.45, 7) is 10.2. The van der Waals surface area contributed by atoms with Crippen LogP contribution in [0, 0.1) is 36.5 Å². The van der Waals surface area contributed by atoms with Gasteiger partial charge < -0.3 is 44.3 Å². The lowest BCUT2D eigenvalue weighted by Crippen LogP contribution is -2.54. The third-order valence-corrected chi connectivity index (χ3v) is 11.3. The second kappa shape index (κ2) is 12.8. The van der Waals surface area contributed by atoms with Crippen LogP contribution in [0.2, 0.25) is 0 Å². The SMILES string of the molecule is CO[C@H]1C=CO[C@@]2(C)Oc3c(C)c(O)c4c(c3C2=O)C(=O)C2=C(NC(=O)[C@](C)(CC(=O)[C@@H]3C[C@@H]3[C@H](O)[C@@H](C)[C@@H](O)[C@@H](C)[C@H](OC(C)=O)[C@@H]1C)O2)C4=O. The van der Waals surface area contributed by atoms with Crippen molar-refractivity contribution in [3.05, 3.63) is 46.0 Å². The first-order valence-corrected chi connectivity index (χ1v) is 17.2. The highest BCUT2D eigenvalue weighted by atomic mass is 16.7. The van der Waals surface area contributed by atoms with E-state index in [0.29, 0.717) is 0 Å². The molecule has 0 unspecified atom stereocenters. The van der Waals surface area contributed by atoms with Gasteiger partial charge in [0.2, 0.25) is 11.6 Å². The summed E-state index contributed by atoms with van der Waals surface area (Å²) >= 11 is 0. The van der Waals surface area contributed by atoms with Crippen molar-refractivity contribution in [1.29, 1.82) is 0 Å². The molecule has 1 saturated carbocycles. The lowest BCUT2D eigenvalue weighted by molar-refractivity contribution is -0.160. The van der Waals surface area contributed by atoms with Crippen molar-refractivity contribution in [2.45, 2.75) is 97.1 Å². The van der Waals surface area contributed by atoms with Crippen molar-refractivity contribution >= 4 is 35.0 Å². The minimum Gasteiger partial charge on any atom is -0.507 e.